The molecule has 116 valence electrons. The Morgan fingerprint density at radius 3 is 2.77 bits per heavy atom. The first-order valence-electron chi connectivity index (χ1n) is 7.87. The van der Waals surface area contributed by atoms with Gasteiger partial charge in [0.1, 0.15) is 6.54 Å². The number of nitrogens with one attached hydrogen (secondary N) is 1. The van der Waals surface area contributed by atoms with Crippen molar-refractivity contribution in [3.05, 3.63) is 40.8 Å². The maximum absolute atomic E-state index is 12.3. The molecule has 1 aromatic heterocycles. The van der Waals surface area contributed by atoms with Crippen LogP contribution in [0.5, 0.6) is 0 Å². The molecule has 1 aromatic carbocycles. The molecule has 0 aliphatic heterocycles. The van der Waals surface area contributed by atoms with Crippen molar-refractivity contribution in [1.29, 1.82) is 0 Å². The fraction of sp³-hybridized carbons (Fsp3) is 0.471. The van der Waals surface area contributed by atoms with Crippen LogP contribution in [0.3, 0.4) is 0 Å². The highest BCUT2D eigenvalue weighted by Crippen LogP contribution is 2.23. The Labute approximate surface area is 129 Å². The van der Waals surface area contributed by atoms with Crippen LogP contribution < -0.4 is 10.9 Å². The summed E-state index contributed by atoms with van der Waals surface area (Å²) in [5.74, 6) is 0.613. The Balaban J connectivity index is 1.69. The second-order valence-electron chi connectivity index (χ2n) is 6.22. The maximum Gasteiger partial charge on any atom is 0.275 e. The summed E-state index contributed by atoms with van der Waals surface area (Å²) >= 11 is 0. The van der Waals surface area contributed by atoms with Crippen molar-refractivity contribution in [3.8, 4) is 0 Å². The average Bonchev–Trinajstić information content (AvgIpc) is 2.53. The Kier molecular flexibility index (Phi) is 4.22. The van der Waals surface area contributed by atoms with Gasteiger partial charge in [-0.2, -0.15) is 5.10 Å². The molecule has 1 aliphatic rings. The van der Waals surface area contributed by atoms with Crippen LogP contribution in [-0.2, 0) is 11.3 Å². The van der Waals surface area contributed by atoms with Gasteiger partial charge >= 0.3 is 0 Å². The quantitative estimate of drug-likeness (QED) is 0.944. The van der Waals surface area contributed by atoms with Crippen molar-refractivity contribution < 1.29 is 4.79 Å². The molecule has 1 fully saturated rings. The molecule has 1 N–H and O–H groups in total. The highest BCUT2D eigenvalue weighted by Gasteiger charge is 2.20. The summed E-state index contributed by atoms with van der Waals surface area (Å²) in [6.45, 7) is 2.23. The summed E-state index contributed by atoms with van der Waals surface area (Å²) < 4.78 is 1.24. The van der Waals surface area contributed by atoms with E-state index in [0.29, 0.717) is 5.39 Å². The average molecular weight is 299 g/mol. The first-order valence-corrected chi connectivity index (χ1v) is 7.87. The van der Waals surface area contributed by atoms with Gasteiger partial charge < -0.3 is 5.32 Å². The second kappa shape index (κ2) is 6.30. The van der Waals surface area contributed by atoms with Gasteiger partial charge in [0.2, 0.25) is 5.91 Å². The van der Waals surface area contributed by atoms with E-state index in [9.17, 15) is 9.59 Å². The van der Waals surface area contributed by atoms with Crippen molar-refractivity contribution in [2.24, 2.45) is 5.92 Å². The van der Waals surface area contributed by atoms with Crippen LogP contribution in [0, 0.1) is 5.92 Å². The molecule has 0 spiro atoms. The third-order valence-corrected chi connectivity index (χ3v) is 4.44. The Hall–Kier alpha value is -2.17. The van der Waals surface area contributed by atoms with Crippen LogP contribution in [0.4, 0.5) is 0 Å². The Morgan fingerprint density at radius 1 is 1.27 bits per heavy atom. The molecular weight excluding hydrogens is 278 g/mol. The minimum atomic E-state index is -0.217. The summed E-state index contributed by atoms with van der Waals surface area (Å²) in [5, 5.41) is 8.51. The van der Waals surface area contributed by atoms with Crippen LogP contribution in [0.2, 0.25) is 0 Å². The zero-order chi connectivity index (χ0) is 15.5. The van der Waals surface area contributed by atoms with E-state index in [1.54, 1.807) is 12.3 Å². The van der Waals surface area contributed by atoms with Crippen LogP contribution >= 0.6 is 0 Å². The van der Waals surface area contributed by atoms with E-state index in [4.69, 9.17) is 0 Å². The van der Waals surface area contributed by atoms with Crippen molar-refractivity contribution >= 4 is 16.7 Å². The van der Waals surface area contributed by atoms with Gasteiger partial charge in [-0.05, 0) is 37.7 Å². The summed E-state index contributed by atoms with van der Waals surface area (Å²) in [4.78, 5) is 24.5. The molecule has 5 nitrogen and oxygen atoms in total. The molecule has 2 aromatic rings. The molecule has 1 saturated carbocycles. The minimum Gasteiger partial charge on any atom is -0.352 e. The normalized spacial score (nSPS) is 21.7. The summed E-state index contributed by atoms with van der Waals surface area (Å²) in [7, 11) is 0. The molecular formula is C17H21N3O2. The van der Waals surface area contributed by atoms with Gasteiger partial charge in [0.15, 0.2) is 0 Å². The molecule has 0 atom stereocenters. The van der Waals surface area contributed by atoms with Crippen LogP contribution in [0.25, 0.3) is 10.8 Å². The molecule has 0 unspecified atom stereocenters. The lowest BCUT2D eigenvalue weighted by molar-refractivity contribution is -0.122. The molecule has 3 rings (SSSR count). The third-order valence-electron chi connectivity index (χ3n) is 4.44. The molecule has 5 heteroatoms. The Bertz CT molecular complexity index is 730. The number of nitrogens with zero attached hydrogens (tertiary/aromatic N) is 2. The number of benzene rings is 1. The van der Waals surface area contributed by atoms with Crippen molar-refractivity contribution in [1.82, 2.24) is 15.1 Å². The van der Waals surface area contributed by atoms with Gasteiger partial charge in [-0.1, -0.05) is 25.1 Å². The van der Waals surface area contributed by atoms with Crippen molar-refractivity contribution in [2.75, 3.05) is 0 Å². The lowest BCUT2D eigenvalue weighted by Gasteiger charge is -2.26. The van der Waals surface area contributed by atoms with Crippen LogP contribution in [-0.4, -0.2) is 21.7 Å². The van der Waals surface area contributed by atoms with E-state index < -0.39 is 0 Å². The predicted molar refractivity (Wildman–Crippen MR) is 85.6 cm³/mol. The van der Waals surface area contributed by atoms with Crippen molar-refractivity contribution in [3.63, 3.8) is 0 Å². The molecule has 0 radical (unpaired) electrons. The molecule has 1 heterocycles. The smallest absolute Gasteiger partial charge is 0.275 e. The fourth-order valence-corrected chi connectivity index (χ4v) is 3.05. The summed E-state index contributed by atoms with van der Waals surface area (Å²) in [5.41, 5.74) is -0.217. The number of fused-ring (bicyclic) bond motifs is 1. The van der Waals surface area contributed by atoms with Gasteiger partial charge in [0.25, 0.3) is 5.56 Å². The number of rotatable bonds is 3. The van der Waals surface area contributed by atoms with E-state index >= 15 is 0 Å². The van der Waals surface area contributed by atoms with E-state index in [2.05, 4.69) is 17.3 Å². The molecule has 1 amide bonds. The number of hydrogen-bond donors (Lipinski definition) is 1. The predicted octanol–water partition coefficient (Wildman–Crippen LogP) is 2.09. The lowest BCUT2D eigenvalue weighted by Crippen LogP contribution is -2.41. The van der Waals surface area contributed by atoms with Gasteiger partial charge in [0.05, 0.1) is 11.6 Å². The topological polar surface area (TPSA) is 64.0 Å². The fourth-order valence-electron chi connectivity index (χ4n) is 3.05. The first kappa shape index (κ1) is 14.8. The molecule has 0 saturated heterocycles. The van der Waals surface area contributed by atoms with Gasteiger partial charge in [-0.25, -0.2) is 4.68 Å². The highest BCUT2D eigenvalue weighted by atomic mass is 16.2. The second-order valence-corrected chi connectivity index (χ2v) is 6.22. The molecule has 1 aliphatic carbocycles. The number of carbonyl (C=O) groups excluding carboxylic acids is 1. The largest absolute Gasteiger partial charge is 0.352 e. The lowest BCUT2D eigenvalue weighted by atomic mass is 9.87. The SMILES string of the molecule is CC1CCC(NC(=O)Cn2ncc3ccccc3c2=O)CC1. The maximum atomic E-state index is 12.3. The first-order chi connectivity index (χ1) is 10.6. The molecule has 0 bridgehead atoms. The molecule has 22 heavy (non-hydrogen) atoms. The van der Waals surface area contributed by atoms with Crippen molar-refractivity contribution in [2.45, 2.75) is 45.2 Å². The monoisotopic (exact) mass is 299 g/mol. The summed E-state index contributed by atoms with van der Waals surface area (Å²) in [6, 6.07) is 7.52. The van der Waals surface area contributed by atoms with E-state index in [1.165, 1.54) is 4.68 Å². The standard InChI is InChI=1S/C17H21N3O2/c1-12-6-8-14(9-7-12)19-16(21)11-20-17(22)15-5-3-2-4-13(15)10-18-20/h2-5,10,12,14H,6-9,11H2,1H3,(H,19,21). The van der Waals surface area contributed by atoms with E-state index in [-0.39, 0.29) is 24.1 Å². The zero-order valence-corrected chi connectivity index (χ0v) is 12.8. The number of amides is 1. The Morgan fingerprint density at radius 2 is 2.00 bits per heavy atom. The van der Waals surface area contributed by atoms with Crippen LogP contribution in [0.1, 0.15) is 32.6 Å². The van der Waals surface area contributed by atoms with Gasteiger partial charge in [0, 0.05) is 11.4 Å². The zero-order valence-electron chi connectivity index (χ0n) is 12.8. The minimum absolute atomic E-state index is 0.0181. The van der Waals surface area contributed by atoms with Crippen LogP contribution in [0.15, 0.2) is 35.3 Å². The number of carbonyl (C=O) groups is 1. The van der Waals surface area contributed by atoms with E-state index in [0.717, 1.165) is 37.0 Å². The highest BCUT2D eigenvalue weighted by molar-refractivity contribution is 5.81. The third kappa shape index (κ3) is 3.18. The van der Waals surface area contributed by atoms with Gasteiger partial charge in [-0.3, -0.25) is 9.59 Å². The number of aromatic nitrogens is 2. The summed E-state index contributed by atoms with van der Waals surface area (Å²) in [6.07, 6.45) is 5.98. The van der Waals surface area contributed by atoms with E-state index in [1.807, 2.05) is 18.2 Å². The number of hydrogen-bond acceptors (Lipinski definition) is 3. The van der Waals surface area contributed by atoms with Gasteiger partial charge in [-0.15, -0.1) is 0 Å².